The Balaban J connectivity index is 2.09. The Morgan fingerprint density at radius 1 is 1.18 bits per heavy atom. The maximum atomic E-state index is 11.9. The second kappa shape index (κ2) is 5.25. The van der Waals surface area contributed by atoms with Gasteiger partial charge in [-0.1, -0.05) is 25.1 Å². The van der Waals surface area contributed by atoms with Gasteiger partial charge in [-0.3, -0.25) is 4.79 Å². The van der Waals surface area contributed by atoms with E-state index in [2.05, 4.69) is 17.2 Å². The number of amides is 1. The number of carbonyl (C=O) groups is 1. The van der Waals surface area contributed by atoms with Gasteiger partial charge in [0, 0.05) is 11.8 Å². The first-order chi connectivity index (χ1) is 8.29. The summed E-state index contributed by atoms with van der Waals surface area (Å²) in [5.74, 6) is 0.434. The monoisotopic (exact) mass is 226 g/mol. The molecule has 17 heavy (non-hydrogen) atoms. The summed E-state index contributed by atoms with van der Waals surface area (Å²) in [6.07, 6.45) is 2.62. The lowest BCUT2D eigenvalue weighted by molar-refractivity contribution is 0.102. The molecule has 0 atom stereocenters. The van der Waals surface area contributed by atoms with E-state index < -0.39 is 0 Å². The first-order valence-corrected chi connectivity index (χ1v) is 5.61. The van der Waals surface area contributed by atoms with Crippen LogP contribution in [0, 0.1) is 0 Å². The van der Waals surface area contributed by atoms with Crippen molar-refractivity contribution in [3.8, 4) is 0 Å². The summed E-state index contributed by atoms with van der Waals surface area (Å²) in [6.45, 7) is 2.09. The standard InChI is InChI=1S/C14H14N2O/c1-2-11-6-8-12(9-7-11)14(17)16-13-5-3-4-10-15-13/h3-10H,2H2,1H3,(H,15,16,17). The Hall–Kier alpha value is -2.16. The summed E-state index contributed by atoms with van der Waals surface area (Å²) < 4.78 is 0. The molecule has 2 rings (SSSR count). The maximum absolute atomic E-state index is 11.9. The number of anilines is 1. The van der Waals surface area contributed by atoms with E-state index in [1.165, 1.54) is 5.56 Å². The Morgan fingerprint density at radius 2 is 1.94 bits per heavy atom. The van der Waals surface area contributed by atoms with Gasteiger partial charge in [-0.25, -0.2) is 4.98 Å². The highest BCUT2D eigenvalue weighted by Gasteiger charge is 2.05. The fraction of sp³-hybridized carbons (Fsp3) is 0.143. The SMILES string of the molecule is CCc1ccc(C(=O)Nc2ccccn2)cc1. The van der Waals surface area contributed by atoms with Crippen LogP contribution >= 0.6 is 0 Å². The molecule has 3 nitrogen and oxygen atoms in total. The molecule has 1 N–H and O–H groups in total. The van der Waals surface area contributed by atoms with Crippen molar-refractivity contribution in [3.05, 3.63) is 59.8 Å². The average Bonchev–Trinajstić information content (AvgIpc) is 2.40. The lowest BCUT2D eigenvalue weighted by atomic mass is 10.1. The number of carbonyl (C=O) groups excluding carboxylic acids is 1. The van der Waals surface area contributed by atoms with Gasteiger partial charge >= 0.3 is 0 Å². The van der Waals surface area contributed by atoms with Crippen LogP contribution in [0.5, 0.6) is 0 Å². The Labute approximate surface area is 101 Å². The third-order valence-corrected chi connectivity index (χ3v) is 2.53. The second-order valence-corrected chi connectivity index (χ2v) is 3.72. The minimum atomic E-state index is -0.133. The summed E-state index contributed by atoms with van der Waals surface area (Å²) in [4.78, 5) is 15.9. The summed E-state index contributed by atoms with van der Waals surface area (Å²) in [5.41, 5.74) is 1.87. The second-order valence-electron chi connectivity index (χ2n) is 3.72. The largest absolute Gasteiger partial charge is 0.307 e. The molecule has 1 aromatic carbocycles. The predicted molar refractivity (Wildman–Crippen MR) is 68.0 cm³/mol. The van der Waals surface area contributed by atoms with E-state index in [9.17, 15) is 4.79 Å². The van der Waals surface area contributed by atoms with Crippen molar-refractivity contribution < 1.29 is 4.79 Å². The normalized spacial score (nSPS) is 9.94. The van der Waals surface area contributed by atoms with Crippen LogP contribution < -0.4 is 5.32 Å². The molecule has 0 saturated carbocycles. The van der Waals surface area contributed by atoms with Crippen molar-refractivity contribution >= 4 is 11.7 Å². The molecular weight excluding hydrogens is 212 g/mol. The quantitative estimate of drug-likeness (QED) is 0.874. The molecule has 3 heteroatoms. The van der Waals surface area contributed by atoms with Crippen molar-refractivity contribution in [1.29, 1.82) is 0 Å². The first-order valence-electron chi connectivity index (χ1n) is 5.61. The number of pyridine rings is 1. The van der Waals surface area contributed by atoms with Crippen LogP contribution in [0.1, 0.15) is 22.8 Å². The number of aryl methyl sites for hydroxylation is 1. The topological polar surface area (TPSA) is 42.0 Å². The van der Waals surface area contributed by atoms with E-state index in [0.717, 1.165) is 6.42 Å². The zero-order valence-corrected chi connectivity index (χ0v) is 9.68. The van der Waals surface area contributed by atoms with E-state index in [0.29, 0.717) is 11.4 Å². The Bertz CT molecular complexity index is 491. The molecule has 0 bridgehead atoms. The molecule has 86 valence electrons. The number of benzene rings is 1. The zero-order valence-electron chi connectivity index (χ0n) is 9.68. The van der Waals surface area contributed by atoms with E-state index >= 15 is 0 Å². The highest BCUT2D eigenvalue weighted by atomic mass is 16.1. The molecule has 1 amide bonds. The molecule has 0 fully saturated rings. The molecule has 0 spiro atoms. The smallest absolute Gasteiger partial charge is 0.256 e. The molecule has 0 unspecified atom stereocenters. The van der Waals surface area contributed by atoms with Crippen LogP contribution in [0.25, 0.3) is 0 Å². The number of rotatable bonds is 3. The minimum Gasteiger partial charge on any atom is -0.307 e. The van der Waals surface area contributed by atoms with Crippen LogP contribution in [0.3, 0.4) is 0 Å². The molecule has 1 aromatic heterocycles. The summed E-state index contributed by atoms with van der Waals surface area (Å²) in [6, 6.07) is 13.0. The number of hydrogen-bond donors (Lipinski definition) is 1. The minimum absolute atomic E-state index is 0.133. The molecule has 0 aliphatic rings. The number of aromatic nitrogens is 1. The average molecular weight is 226 g/mol. The van der Waals surface area contributed by atoms with Gasteiger partial charge in [0.25, 0.3) is 5.91 Å². The maximum Gasteiger partial charge on any atom is 0.256 e. The van der Waals surface area contributed by atoms with Crippen molar-refractivity contribution in [3.63, 3.8) is 0 Å². The predicted octanol–water partition coefficient (Wildman–Crippen LogP) is 2.90. The molecule has 0 saturated heterocycles. The third kappa shape index (κ3) is 2.91. The first kappa shape index (κ1) is 11.3. The van der Waals surface area contributed by atoms with Crippen molar-refractivity contribution in [2.45, 2.75) is 13.3 Å². The highest BCUT2D eigenvalue weighted by molar-refractivity contribution is 6.03. The summed E-state index contributed by atoms with van der Waals surface area (Å²) in [7, 11) is 0. The molecule has 0 aliphatic heterocycles. The van der Waals surface area contributed by atoms with Crippen LogP contribution in [-0.4, -0.2) is 10.9 Å². The van der Waals surface area contributed by atoms with E-state index in [4.69, 9.17) is 0 Å². The lowest BCUT2D eigenvalue weighted by Gasteiger charge is -2.04. The van der Waals surface area contributed by atoms with Gasteiger partial charge in [0.15, 0.2) is 0 Å². The van der Waals surface area contributed by atoms with Crippen LogP contribution in [-0.2, 0) is 6.42 Å². The fourth-order valence-corrected chi connectivity index (χ4v) is 1.52. The number of nitrogens with zero attached hydrogens (tertiary/aromatic N) is 1. The molecule has 0 radical (unpaired) electrons. The lowest BCUT2D eigenvalue weighted by Crippen LogP contribution is -2.12. The third-order valence-electron chi connectivity index (χ3n) is 2.53. The van der Waals surface area contributed by atoms with Crippen molar-refractivity contribution in [2.24, 2.45) is 0 Å². The number of hydrogen-bond acceptors (Lipinski definition) is 2. The van der Waals surface area contributed by atoms with Gasteiger partial charge in [-0.05, 0) is 36.2 Å². The van der Waals surface area contributed by atoms with Gasteiger partial charge < -0.3 is 5.32 Å². The van der Waals surface area contributed by atoms with E-state index in [1.54, 1.807) is 12.3 Å². The Morgan fingerprint density at radius 3 is 2.53 bits per heavy atom. The van der Waals surface area contributed by atoms with Gasteiger partial charge in [0.1, 0.15) is 5.82 Å². The zero-order chi connectivity index (χ0) is 12.1. The van der Waals surface area contributed by atoms with Crippen molar-refractivity contribution in [1.82, 2.24) is 4.98 Å². The van der Waals surface area contributed by atoms with E-state index in [-0.39, 0.29) is 5.91 Å². The fourth-order valence-electron chi connectivity index (χ4n) is 1.52. The van der Waals surface area contributed by atoms with Crippen LogP contribution in [0.15, 0.2) is 48.7 Å². The molecule has 2 aromatic rings. The van der Waals surface area contributed by atoms with Gasteiger partial charge in [-0.15, -0.1) is 0 Å². The summed E-state index contributed by atoms with van der Waals surface area (Å²) in [5, 5.41) is 2.75. The van der Waals surface area contributed by atoms with Crippen LogP contribution in [0.2, 0.25) is 0 Å². The summed E-state index contributed by atoms with van der Waals surface area (Å²) >= 11 is 0. The van der Waals surface area contributed by atoms with Crippen molar-refractivity contribution in [2.75, 3.05) is 5.32 Å². The van der Waals surface area contributed by atoms with Crippen LogP contribution in [0.4, 0.5) is 5.82 Å². The molecular formula is C14H14N2O. The molecule has 1 heterocycles. The van der Waals surface area contributed by atoms with E-state index in [1.807, 2.05) is 36.4 Å². The number of nitrogens with one attached hydrogen (secondary N) is 1. The highest BCUT2D eigenvalue weighted by Crippen LogP contribution is 2.08. The van der Waals surface area contributed by atoms with Gasteiger partial charge in [0.2, 0.25) is 0 Å². The van der Waals surface area contributed by atoms with Gasteiger partial charge in [0.05, 0.1) is 0 Å². The van der Waals surface area contributed by atoms with Gasteiger partial charge in [-0.2, -0.15) is 0 Å². The molecule has 0 aliphatic carbocycles. The Kier molecular flexibility index (Phi) is 3.50.